The number of carbonyl (C=O) groups is 2. The first-order valence-corrected chi connectivity index (χ1v) is 6.42. The molecule has 2 aliphatic heterocycles. The number of likely N-dealkylation sites (tertiary alicyclic amines) is 1. The Balaban J connectivity index is 1.73. The minimum atomic E-state index is -0.905. The molecule has 3 heterocycles. The van der Waals surface area contributed by atoms with Crippen LogP contribution in [0.1, 0.15) is 12.8 Å². The SMILES string of the molecule is O=C(O)N1CCC2(CC1)CN(c1cncnc1)C(=O)N2. The monoisotopic (exact) mass is 277 g/mol. The summed E-state index contributed by atoms with van der Waals surface area (Å²) >= 11 is 0. The molecule has 0 unspecified atom stereocenters. The Morgan fingerprint density at radius 3 is 2.55 bits per heavy atom. The highest BCUT2D eigenvalue weighted by molar-refractivity contribution is 5.95. The molecular formula is C12H15N5O3. The summed E-state index contributed by atoms with van der Waals surface area (Å²) in [7, 11) is 0. The van der Waals surface area contributed by atoms with Crippen molar-refractivity contribution in [2.45, 2.75) is 18.4 Å². The minimum Gasteiger partial charge on any atom is -0.465 e. The van der Waals surface area contributed by atoms with Gasteiger partial charge in [-0.25, -0.2) is 19.6 Å². The topological polar surface area (TPSA) is 98.7 Å². The van der Waals surface area contributed by atoms with Crippen molar-refractivity contribution in [2.75, 3.05) is 24.5 Å². The van der Waals surface area contributed by atoms with Crippen LogP contribution in [0, 0.1) is 0 Å². The van der Waals surface area contributed by atoms with Gasteiger partial charge in [-0.3, -0.25) is 4.90 Å². The molecule has 0 atom stereocenters. The molecule has 1 aromatic heterocycles. The van der Waals surface area contributed by atoms with E-state index in [1.54, 1.807) is 17.3 Å². The first-order valence-electron chi connectivity index (χ1n) is 6.42. The lowest BCUT2D eigenvalue weighted by Gasteiger charge is -2.37. The Kier molecular flexibility index (Phi) is 2.92. The quantitative estimate of drug-likeness (QED) is 0.779. The summed E-state index contributed by atoms with van der Waals surface area (Å²) < 4.78 is 0. The van der Waals surface area contributed by atoms with Gasteiger partial charge in [-0.2, -0.15) is 0 Å². The standard InChI is InChI=1S/C12H15N5O3/c18-10-15-12(1-3-16(4-2-12)11(19)20)7-17(10)9-5-13-8-14-6-9/h5-6,8H,1-4,7H2,(H,15,18)(H,19,20). The highest BCUT2D eigenvalue weighted by Gasteiger charge is 2.45. The Morgan fingerprint density at radius 1 is 1.30 bits per heavy atom. The van der Waals surface area contributed by atoms with E-state index in [2.05, 4.69) is 15.3 Å². The average molecular weight is 277 g/mol. The number of rotatable bonds is 1. The molecular weight excluding hydrogens is 262 g/mol. The summed E-state index contributed by atoms with van der Waals surface area (Å²) in [6.07, 6.45) is 4.94. The predicted octanol–water partition coefficient (Wildman–Crippen LogP) is 0.519. The van der Waals surface area contributed by atoms with Crippen molar-refractivity contribution in [3.05, 3.63) is 18.7 Å². The zero-order valence-electron chi connectivity index (χ0n) is 10.8. The molecule has 2 fully saturated rings. The van der Waals surface area contributed by atoms with Gasteiger partial charge in [0.05, 0.1) is 30.2 Å². The van der Waals surface area contributed by atoms with Crippen LogP contribution in [0.25, 0.3) is 0 Å². The number of aromatic nitrogens is 2. The lowest BCUT2D eigenvalue weighted by molar-refractivity contribution is 0.116. The molecule has 0 bridgehead atoms. The Morgan fingerprint density at radius 2 is 1.95 bits per heavy atom. The number of amides is 3. The van der Waals surface area contributed by atoms with Gasteiger partial charge in [0.15, 0.2) is 0 Å². The lowest BCUT2D eigenvalue weighted by Crippen LogP contribution is -2.53. The Hall–Kier alpha value is -2.38. The van der Waals surface area contributed by atoms with E-state index in [0.717, 1.165) is 0 Å². The van der Waals surface area contributed by atoms with Crippen LogP contribution in [0.4, 0.5) is 15.3 Å². The molecule has 106 valence electrons. The van der Waals surface area contributed by atoms with Gasteiger partial charge in [0.1, 0.15) is 6.33 Å². The second-order valence-corrected chi connectivity index (χ2v) is 5.16. The number of urea groups is 1. The molecule has 20 heavy (non-hydrogen) atoms. The van der Waals surface area contributed by atoms with Crippen LogP contribution in [0.2, 0.25) is 0 Å². The Bertz CT molecular complexity index is 527. The maximum Gasteiger partial charge on any atom is 0.407 e. The molecule has 0 aromatic carbocycles. The fraction of sp³-hybridized carbons (Fsp3) is 0.500. The van der Waals surface area contributed by atoms with Gasteiger partial charge in [-0.15, -0.1) is 0 Å². The van der Waals surface area contributed by atoms with Crippen molar-refractivity contribution >= 4 is 17.8 Å². The van der Waals surface area contributed by atoms with Crippen LogP contribution in [0.3, 0.4) is 0 Å². The first-order chi connectivity index (χ1) is 9.60. The van der Waals surface area contributed by atoms with Crippen LogP contribution in [0.15, 0.2) is 18.7 Å². The third kappa shape index (κ3) is 2.13. The average Bonchev–Trinajstić information content (AvgIpc) is 2.77. The third-order valence-corrected chi connectivity index (χ3v) is 3.93. The van der Waals surface area contributed by atoms with Gasteiger partial charge in [-0.05, 0) is 12.8 Å². The number of nitrogens with zero attached hydrogens (tertiary/aromatic N) is 4. The van der Waals surface area contributed by atoms with Gasteiger partial charge < -0.3 is 15.3 Å². The third-order valence-electron chi connectivity index (χ3n) is 3.93. The van der Waals surface area contributed by atoms with E-state index in [1.807, 2.05) is 0 Å². The zero-order valence-corrected chi connectivity index (χ0v) is 10.8. The van der Waals surface area contributed by atoms with Gasteiger partial charge in [-0.1, -0.05) is 0 Å². The van der Waals surface area contributed by atoms with Gasteiger partial charge in [0.2, 0.25) is 0 Å². The van der Waals surface area contributed by atoms with Crippen molar-refractivity contribution in [2.24, 2.45) is 0 Å². The molecule has 2 N–H and O–H groups in total. The fourth-order valence-electron chi connectivity index (χ4n) is 2.76. The molecule has 3 amide bonds. The summed E-state index contributed by atoms with van der Waals surface area (Å²) in [5.74, 6) is 0. The highest BCUT2D eigenvalue weighted by Crippen LogP contribution is 2.30. The van der Waals surface area contributed by atoms with E-state index < -0.39 is 6.09 Å². The highest BCUT2D eigenvalue weighted by atomic mass is 16.4. The second kappa shape index (κ2) is 4.62. The van der Waals surface area contributed by atoms with Crippen molar-refractivity contribution in [1.82, 2.24) is 20.2 Å². The van der Waals surface area contributed by atoms with Crippen LogP contribution >= 0.6 is 0 Å². The molecule has 0 aliphatic carbocycles. The van der Waals surface area contributed by atoms with Gasteiger partial charge >= 0.3 is 12.1 Å². The van der Waals surface area contributed by atoms with Crippen LogP contribution < -0.4 is 10.2 Å². The van der Waals surface area contributed by atoms with Crippen molar-refractivity contribution in [1.29, 1.82) is 0 Å². The van der Waals surface area contributed by atoms with Crippen LogP contribution in [-0.4, -0.2) is 57.3 Å². The number of nitrogens with one attached hydrogen (secondary N) is 1. The molecule has 1 spiro atoms. The summed E-state index contributed by atoms with van der Waals surface area (Å²) in [6.45, 7) is 1.40. The lowest BCUT2D eigenvalue weighted by atomic mass is 9.88. The van der Waals surface area contributed by atoms with E-state index in [9.17, 15) is 9.59 Å². The van der Waals surface area contributed by atoms with Crippen molar-refractivity contribution in [3.63, 3.8) is 0 Å². The van der Waals surface area contributed by atoms with Crippen molar-refractivity contribution < 1.29 is 14.7 Å². The first kappa shape index (κ1) is 12.6. The molecule has 1 aromatic rings. The van der Waals surface area contributed by atoms with E-state index in [1.165, 1.54) is 11.2 Å². The number of carbonyl (C=O) groups excluding carboxylic acids is 1. The summed E-state index contributed by atoms with van der Waals surface area (Å²) in [5, 5.41) is 12.0. The predicted molar refractivity (Wildman–Crippen MR) is 69.5 cm³/mol. The van der Waals surface area contributed by atoms with Gasteiger partial charge in [0, 0.05) is 13.1 Å². The Labute approximate surface area is 115 Å². The molecule has 2 aliphatic rings. The molecule has 8 heteroatoms. The van der Waals surface area contributed by atoms with Crippen LogP contribution in [-0.2, 0) is 0 Å². The van der Waals surface area contributed by atoms with E-state index in [-0.39, 0.29) is 11.6 Å². The molecule has 8 nitrogen and oxygen atoms in total. The second-order valence-electron chi connectivity index (χ2n) is 5.16. The minimum absolute atomic E-state index is 0.177. The van der Waals surface area contributed by atoms with E-state index in [0.29, 0.717) is 38.2 Å². The number of hydrogen-bond donors (Lipinski definition) is 2. The number of piperidine rings is 1. The number of anilines is 1. The maximum absolute atomic E-state index is 12.1. The number of carboxylic acid groups (broad SMARTS) is 1. The van der Waals surface area contributed by atoms with E-state index >= 15 is 0 Å². The van der Waals surface area contributed by atoms with Crippen LogP contribution in [0.5, 0.6) is 0 Å². The normalized spacial score (nSPS) is 21.1. The summed E-state index contributed by atoms with van der Waals surface area (Å²) in [5.41, 5.74) is 0.307. The van der Waals surface area contributed by atoms with Gasteiger partial charge in [0.25, 0.3) is 0 Å². The largest absolute Gasteiger partial charge is 0.465 e. The summed E-state index contributed by atoms with van der Waals surface area (Å²) in [4.78, 5) is 33.8. The molecule has 2 saturated heterocycles. The molecule has 3 rings (SSSR count). The smallest absolute Gasteiger partial charge is 0.407 e. The van der Waals surface area contributed by atoms with Crippen molar-refractivity contribution in [3.8, 4) is 0 Å². The maximum atomic E-state index is 12.1. The summed E-state index contributed by atoms with van der Waals surface area (Å²) in [6, 6.07) is -0.177. The number of hydrogen-bond acceptors (Lipinski definition) is 4. The van der Waals surface area contributed by atoms with E-state index in [4.69, 9.17) is 5.11 Å². The molecule has 0 saturated carbocycles. The molecule has 0 radical (unpaired) electrons. The fourth-order valence-corrected chi connectivity index (χ4v) is 2.76. The zero-order chi connectivity index (χ0) is 14.2.